The summed E-state index contributed by atoms with van der Waals surface area (Å²) in [6.07, 6.45) is 0. The zero-order valence-corrected chi connectivity index (χ0v) is 14.3. The molecule has 0 atom stereocenters. The van der Waals surface area contributed by atoms with Crippen LogP contribution in [0.25, 0.3) is 10.3 Å². The summed E-state index contributed by atoms with van der Waals surface area (Å²) in [6.45, 7) is -0.109. The lowest BCUT2D eigenvalue weighted by Gasteiger charge is -2.08. The van der Waals surface area contributed by atoms with E-state index < -0.39 is 23.1 Å². The zero-order valence-electron chi connectivity index (χ0n) is 12.7. The Morgan fingerprint density at radius 2 is 2.08 bits per heavy atom. The lowest BCUT2D eigenvalue weighted by Crippen LogP contribution is -2.16. The molecule has 0 saturated carbocycles. The van der Waals surface area contributed by atoms with E-state index in [4.69, 9.17) is 26.8 Å². The fraction of sp³-hybridized carbons (Fsp3) is 0.133. The molecule has 2 heterocycles. The smallest absolute Gasteiger partial charge is 0.254 e. The van der Waals surface area contributed by atoms with E-state index in [0.717, 1.165) is 12.1 Å². The van der Waals surface area contributed by atoms with Gasteiger partial charge in [-0.25, -0.2) is 18.7 Å². The Bertz CT molecular complexity index is 980. The number of rotatable bonds is 5. The second-order valence-corrected chi connectivity index (χ2v) is 6.22. The van der Waals surface area contributed by atoms with Crippen molar-refractivity contribution in [3.05, 3.63) is 45.6 Å². The van der Waals surface area contributed by atoms with Gasteiger partial charge in [0.25, 0.3) is 5.91 Å². The van der Waals surface area contributed by atoms with Gasteiger partial charge >= 0.3 is 0 Å². The number of carbonyl (C=O) groups excluding carboxylic acids is 1. The van der Waals surface area contributed by atoms with Crippen LogP contribution in [0.3, 0.4) is 0 Å². The molecular weight excluding hydrogens is 376 g/mol. The van der Waals surface area contributed by atoms with Crippen molar-refractivity contribution >= 4 is 39.2 Å². The molecule has 0 unspecified atom stereocenters. The SMILES string of the molecule is COc1cc2nc(COc3ccc(F)c(C(N)=O)c3F)sc2nc1Cl. The van der Waals surface area contributed by atoms with Crippen molar-refractivity contribution in [2.24, 2.45) is 5.73 Å². The summed E-state index contributed by atoms with van der Waals surface area (Å²) in [6, 6.07) is 3.60. The van der Waals surface area contributed by atoms with E-state index >= 15 is 0 Å². The molecule has 6 nitrogen and oxygen atoms in total. The predicted molar refractivity (Wildman–Crippen MR) is 88.2 cm³/mol. The Balaban J connectivity index is 1.86. The Kier molecular flexibility index (Phi) is 4.69. The molecule has 0 bridgehead atoms. The maximum absolute atomic E-state index is 14.1. The summed E-state index contributed by atoms with van der Waals surface area (Å²) in [5.74, 6) is -3.35. The molecule has 10 heteroatoms. The number of thiazole rings is 1. The van der Waals surface area contributed by atoms with Gasteiger partial charge in [-0.2, -0.15) is 0 Å². The fourth-order valence-electron chi connectivity index (χ4n) is 2.09. The largest absolute Gasteiger partial charge is 0.493 e. The van der Waals surface area contributed by atoms with Gasteiger partial charge in [0.2, 0.25) is 0 Å². The van der Waals surface area contributed by atoms with E-state index in [9.17, 15) is 13.6 Å². The Morgan fingerprint density at radius 1 is 1.32 bits per heavy atom. The van der Waals surface area contributed by atoms with Crippen molar-refractivity contribution in [2.45, 2.75) is 6.61 Å². The summed E-state index contributed by atoms with van der Waals surface area (Å²) in [4.78, 5) is 20.1. The number of hydrogen-bond acceptors (Lipinski definition) is 6. The first-order valence-electron chi connectivity index (χ1n) is 6.81. The number of aromatic nitrogens is 2. The van der Waals surface area contributed by atoms with E-state index in [1.54, 1.807) is 6.07 Å². The molecule has 3 aromatic rings. The van der Waals surface area contributed by atoms with Gasteiger partial charge < -0.3 is 15.2 Å². The molecule has 0 fully saturated rings. The monoisotopic (exact) mass is 385 g/mol. The predicted octanol–water partition coefficient (Wildman–Crippen LogP) is 3.31. The number of halogens is 3. The van der Waals surface area contributed by atoms with Crippen molar-refractivity contribution in [2.75, 3.05) is 7.11 Å². The number of primary amides is 1. The number of pyridine rings is 1. The summed E-state index contributed by atoms with van der Waals surface area (Å²) < 4.78 is 37.9. The minimum Gasteiger partial charge on any atom is -0.493 e. The Labute approximate surface area is 149 Å². The second kappa shape index (κ2) is 6.77. The van der Waals surface area contributed by atoms with Crippen molar-refractivity contribution in [1.82, 2.24) is 9.97 Å². The van der Waals surface area contributed by atoms with Gasteiger partial charge in [0.1, 0.15) is 33.3 Å². The summed E-state index contributed by atoms with van der Waals surface area (Å²) in [7, 11) is 1.46. The number of fused-ring (bicyclic) bond motifs is 1. The first-order chi connectivity index (χ1) is 11.9. The molecule has 0 aliphatic rings. The Hall–Kier alpha value is -2.52. The number of carbonyl (C=O) groups is 1. The highest BCUT2D eigenvalue weighted by atomic mass is 35.5. The van der Waals surface area contributed by atoms with Crippen molar-refractivity contribution in [3.63, 3.8) is 0 Å². The summed E-state index contributed by atoms with van der Waals surface area (Å²) in [5, 5.41) is 0.679. The van der Waals surface area contributed by atoms with Gasteiger partial charge in [-0.15, -0.1) is 0 Å². The Morgan fingerprint density at radius 3 is 2.76 bits per heavy atom. The fourth-order valence-corrected chi connectivity index (χ4v) is 3.18. The molecule has 3 rings (SSSR count). The highest BCUT2D eigenvalue weighted by molar-refractivity contribution is 7.18. The van der Waals surface area contributed by atoms with Crippen LogP contribution in [0.4, 0.5) is 8.78 Å². The summed E-state index contributed by atoms with van der Waals surface area (Å²) in [5.41, 5.74) is 4.66. The summed E-state index contributed by atoms with van der Waals surface area (Å²) >= 11 is 7.14. The normalized spacial score (nSPS) is 10.9. The van der Waals surface area contributed by atoms with Gasteiger partial charge in [0.15, 0.2) is 22.5 Å². The average molecular weight is 386 g/mol. The standard InChI is InChI=1S/C15H10ClF2N3O3S/c1-23-9-4-7-15(21-13(9)16)25-10(20-7)5-24-8-3-2-6(17)11(12(8)18)14(19)22/h2-4H,5H2,1H3,(H2,19,22). The van der Waals surface area contributed by atoms with Crippen LogP contribution in [0, 0.1) is 11.6 Å². The zero-order chi connectivity index (χ0) is 18.1. The van der Waals surface area contributed by atoms with Gasteiger partial charge in [0.05, 0.1) is 7.11 Å². The molecule has 0 aliphatic carbocycles. The van der Waals surface area contributed by atoms with Crippen LogP contribution in [0.5, 0.6) is 11.5 Å². The van der Waals surface area contributed by atoms with Crippen molar-refractivity contribution in [3.8, 4) is 11.5 Å². The molecule has 1 aromatic carbocycles. The number of ether oxygens (including phenoxy) is 2. The quantitative estimate of drug-likeness (QED) is 0.681. The van der Waals surface area contributed by atoms with Crippen molar-refractivity contribution < 1.29 is 23.0 Å². The topological polar surface area (TPSA) is 87.3 Å². The van der Waals surface area contributed by atoms with Gasteiger partial charge in [-0.05, 0) is 12.1 Å². The van der Waals surface area contributed by atoms with Crippen molar-refractivity contribution in [1.29, 1.82) is 0 Å². The van der Waals surface area contributed by atoms with Crippen LogP contribution in [0.2, 0.25) is 5.15 Å². The lowest BCUT2D eigenvalue weighted by atomic mass is 10.2. The molecule has 0 saturated heterocycles. The molecule has 1 amide bonds. The minimum absolute atomic E-state index is 0.109. The number of amides is 1. The van der Waals surface area contributed by atoms with Gasteiger partial charge in [0, 0.05) is 6.07 Å². The maximum atomic E-state index is 14.1. The van der Waals surface area contributed by atoms with Crippen LogP contribution in [0.1, 0.15) is 15.4 Å². The van der Waals surface area contributed by atoms with Gasteiger partial charge in [-0.3, -0.25) is 4.79 Å². The lowest BCUT2D eigenvalue weighted by molar-refractivity contribution is 0.0991. The van der Waals surface area contributed by atoms with E-state index in [1.807, 2.05) is 0 Å². The number of nitrogens with two attached hydrogens (primary N) is 1. The molecular formula is C15H10ClF2N3O3S. The number of nitrogens with zero attached hydrogens (tertiary/aromatic N) is 2. The molecule has 130 valence electrons. The molecule has 25 heavy (non-hydrogen) atoms. The van der Waals surface area contributed by atoms with E-state index in [2.05, 4.69) is 9.97 Å². The second-order valence-electron chi connectivity index (χ2n) is 4.80. The van der Waals surface area contributed by atoms with Crippen LogP contribution < -0.4 is 15.2 Å². The number of benzene rings is 1. The van der Waals surface area contributed by atoms with Gasteiger partial charge in [-0.1, -0.05) is 22.9 Å². The minimum atomic E-state index is -1.22. The maximum Gasteiger partial charge on any atom is 0.254 e. The average Bonchev–Trinajstić information content (AvgIpc) is 2.94. The third-order valence-corrected chi connectivity index (χ3v) is 4.43. The first kappa shape index (κ1) is 17.3. The third-order valence-electron chi connectivity index (χ3n) is 3.22. The number of hydrogen-bond donors (Lipinski definition) is 1. The van der Waals surface area contributed by atoms with E-state index in [1.165, 1.54) is 18.4 Å². The molecule has 0 aliphatic heterocycles. The highest BCUT2D eigenvalue weighted by Crippen LogP contribution is 2.30. The molecule has 2 N–H and O–H groups in total. The third kappa shape index (κ3) is 3.33. The molecule has 0 spiro atoms. The van der Waals surface area contributed by atoms with Crippen LogP contribution in [-0.2, 0) is 6.61 Å². The first-order valence-corrected chi connectivity index (χ1v) is 8.00. The van der Waals surface area contributed by atoms with Crippen LogP contribution in [0.15, 0.2) is 18.2 Å². The highest BCUT2D eigenvalue weighted by Gasteiger charge is 2.19. The molecule has 0 radical (unpaired) electrons. The number of methoxy groups -OCH3 is 1. The van der Waals surface area contributed by atoms with E-state index in [-0.39, 0.29) is 17.5 Å². The molecule has 2 aromatic heterocycles. The van der Waals surface area contributed by atoms with E-state index in [0.29, 0.717) is 21.1 Å². The van der Waals surface area contributed by atoms with Crippen LogP contribution >= 0.6 is 22.9 Å². The van der Waals surface area contributed by atoms with Crippen LogP contribution in [-0.4, -0.2) is 23.0 Å².